The SMILES string of the molecule is CCC(=O)N1CCC(N2CCC(C(=O)N3CCOCC3)CC2)CC1. The normalized spacial score (nSPS) is 25.0. The van der Waals surface area contributed by atoms with Crippen LogP contribution < -0.4 is 0 Å². The lowest BCUT2D eigenvalue weighted by atomic mass is 9.92. The zero-order chi connectivity index (χ0) is 16.9. The van der Waals surface area contributed by atoms with Crippen LogP contribution in [0.3, 0.4) is 0 Å². The van der Waals surface area contributed by atoms with Gasteiger partial charge in [-0.15, -0.1) is 0 Å². The molecule has 3 aliphatic rings. The molecular weight excluding hydrogens is 306 g/mol. The van der Waals surface area contributed by atoms with E-state index < -0.39 is 0 Å². The highest BCUT2D eigenvalue weighted by atomic mass is 16.5. The molecule has 0 aromatic rings. The summed E-state index contributed by atoms with van der Waals surface area (Å²) >= 11 is 0. The minimum Gasteiger partial charge on any atom is -0.378 e. The van der Waals surface area contributed by atoms with Gasteiger partial charge in [0.05, 0.1) is 13.2 Å². The molecule has 24 heavy (non-hydrogen) atoms. The predicted molar refractivity (Wildman–Crippen MR) is 91.6 cm³/mol. The van der Waals surface area contributed by atoms with Gasteiger partial charge in [0.1, 0.15) is 0 Å². The molecule has 136 valence electrons. The Morgan fingerprint density at radius 1 is 0.875 bits per heavy atom. The number of carbonyl (C=O) groups excluding carboxylic acids is 2. The molecular formula is C18H31N3O3. The number of ether oxygens (including phenoxy) is 1. The summed E-state index contributed by atoms with van der Waals surface area (Å²) in [4.78, 5) is 30.9. The van der Waals surface area contributed by atoms with Gasteiger partial charge in [0.25, 0.3) is 0 Å². The standard InChI is InChI=1S/C18H31N3O3/c1-2-17(22)20-9-5-16(6-10-20)19-7-3-15(4-8-19)18(23)21-11-13-24-14-12-21/h15-16H,2-14H2,1H3. The molecule has 0 aliphatic carbocycles. The van der Waals surface area contributed by atoms with Crippen LogP contribution in [0.4, 0.5) is 0 Å². The van der Waals surface area contributed by atoms with Crippen molar-refractivity contribution in [3.63, 3.8) is 0 Å². The van der Waals surface area contributed by atoms with Crippen molar-refractivity contribution >= 4 is 11.8 Å². The van der Waals surface area contributed by atoms with Crippen LogP contribution in [0.1, 0.15) is 39.0 Å². The fourth-order valence-corrected chi connectivity index (χ4v) is 4.26. The van der Waals surface area contributed by atoms with Crippen molar-refractivity contribution in [2.75, 3.05) is 52.5 Å². The Balaban J connectivity index is 1.42. The molecule has 0 N–H and O–H groups in total. The Kier molecular flexibility index (Phi) is 6.11. The summed E-state index contributed by atoms with van der Waals surface area (Å²) in [6.07, 6.45) is 4.72. The van der Waals surface area contributed by atoms with Crippen molar-refractivity contribution in [3.05, 3.63) is 0 Å². The van der Waals surface area contributed by atoms with Crippen LogP contribution in [0.2, 0.25) is 0 Å². The average Bonchev–Trinajstić information content (AvgIpc) is 2.68. The van der Waals surface area contributed by atoms with Crippen LogP contribution in [-0.4, -0.2) is 85.0 Å². The fourth-order valence-electron chi connectivity index (χ4n) is 4.26. The minimum atomic E-state index is 0.195. The van der Waals surface area contributed by atoms with Crippen LogP contribution in [-0.2, 0) is 14.3 Å². The van der Waals surface area contributed by atoms with Crippen LogP contribution in [0.5, 0.6) is 0 Å². The van der Waals surface area contributed by atoms with Gasteiger partial charge in [-0.1, -0.05) is 6.92 Å². The summed E-state index contributed by atoms with van der Waals surface area (Å²) in [7, 11) is 0. The zero-order valence-electron chi connectivity index (χ0n) is 14.9. The van der Waals surface area contributed by atoms with E-state index >= 15 is 0 Å². The third-order valence-corrected chi connectivity index (χ3v) is 5.84. The molecule has 0 spiro atoms. The lowest BCUT2D eigenvalue weighted by Crippen LogP contribution is -2.51. The first-order valence-corrected chi connectivity index (χ1v) is 9.57. The zero-order valence-corrected chi connectivity index (χ0v) is 14.9. The molecule has 0 saturated carbocycles. The largest absolute Gasteiger partial charge is 0.378 e. The molecule has 0 aromatic heterocycles. The number of carbonyl (C=O) groups is 2. The summed E-state index contributed by atoms with van der Waals surface area (Å²) in [5.41, 5.74) is 0. The molecule has 0 unspecified atom stereocenters. The van der Waals surface area contributed by atoms with Crippen molar-refractivity contribution in [3.8, 4) is 0 Å². The maximum Gasteiger partial charge on any atom is 0.225 e. The molecule has 0 atom stereocenters. The first-order chi connectivity index (χ1) is 11.7. The number of rotatable bonds is 3. The second-order valence-electron chi connectivity index (χ2n) is 7.21. The molecule has 2 amide bonds. The van der Waals surface area contributed by atoms with Crippen molar-refractivity contribution in [1.82, 2.24) is 14.7 Å². The number of nitrogens with zero attached hydrogens (tertiary/aromatic N) is 3. The summed E-state index contributed by atoms with van der Waals surface area (Å²) in [5, 5.41) is 0. The smallest absolute Gasteiger partial charge is 0.225 e. The number of amides is 2. The number of morpholine rings is 1. The van der Waals surface area contributed by atoms with E-state index in [1.54, 1.807) is 0 Å². The van der Waals surface area contributed by atoms with E-state index in [1.807, 2.05) is 16.7 Å². The first kappa shape index (κ1) is 17.7. The highest BCUT2D eigenvalue weighted by Crippen LogP contribution is 2.25. The lowest BCUT2D eigenvalue weighted by molar-refractivity contribution is -0.141. The molecule has 6 heteroatoms. The van der Waals surface area contributed by atoms with Crippen LogP contribution in [0.15, 0.2) is 0 Å². The van der Waals surface area contributed by atoms with E-state index in [9.17, 15) is 9.59 Å². The van der Waals surface area contributed by atoms with Gasteiger partial charge in [-0.3, -0.25) is 9.59 Å². The van der Waals surface area contributed by atoms with Gasteiger partial charge in [-0.05, 0) is 38.8 Å². The van der Waals surface area contributed by atoms with Gasteiger partial charge in [-0.2, -0.15) is 0 Å². The van der Waals surface area contributed by atoms with E-state index in [0.717, 1.165) is 65.0 Å². The van der Waals surface area contributed by atoms with Gasteiger partial charge in [-0.25, -0.2) is 0 Å². The summed E-state index contributed by atoms with van der Waals surface area (Å²) in [6.45, 7) is 8.63. The quantitative estimate of drug-likeness (QED) is 0.770. The maximum absolute atomic E-state index is 12.6. The number of hydrogen-bond donors (Lipinski definition) is 0. The first-order valence-electron chi connectivity index (χ1n) is 9.57. The number of piperidine rings is 2. The van der Waals surface area contributed by atoms with Crippen molar-refractivity contribution < 1.29 is 14.3 Å². The van der Waals surface area contributed by atoms with Crippen molar-refractivity contribution in [1.29, 1.82) is 0 Å². The maximum atomic E-state index is 12.6. The van der Waals surface area contributed by atoms with Gasteiger partial charge in [0, 0.05) is 44.6 Å². The van der Waals surface area contributed by atoms with Gasteiger partial charge < -0.3 is 19.4 Å². The molecule has 3 aliphatic heterocycles. The summed E-state index contributed by atoms with van der Waals surface area (Å²) in [6, 6.07) is 0.588. The Bertz CT molecular complexity index is 435. The Morgan fingerprint density at radius 2 is 1.50 bits per heavy atom. The highest BCUT2D eigenvalue weighted by molar-refractivity contribution is 5.79. The highest BCUT2D eigenvalue weighted by Gasteiger charge is 2.33. The lowest BCUT2D eigenvalue weighted by Gasteiger charge is -2.42. The molecule has 6 nitrogen and oxygen atoms in total. The molecule has 3 heterocycles. The topological polar surface area (TPSA) is 53.1 Å². The number of likely N-dealkylation sites (tertiary alicyclic amines) is 2. The van der Waals surface area contributed by atoms with Gasteiger partial charge >= 0.3 is 0 Å². The van der Waals surface area contributed by atoms with Crippen molar-refractivity contribution in [2.45, 2.75) is 45.1 Å². The van der Waals surface area contributed by atoms with E-state index in [-0.39, 0.29) is 11.8 Å². The average molecular weight is 337 g/mol. The molecule has 3 fully saturated rings. The monoisotopic (exact) mass is 337 g/mol. The number of hydrogen-bond acceptors (Lipinski definition) is 4. The summed E-state index contributed by atoms with van der Waals surface area (Å²) in [5.74, 6) is 0.811. The molecule has 3 saturated heterocycles. The second-order valence-corrected chi connectivity index (χ2v) is 7.21. The van der Waals surface area contributed by atoms with E-state index in [4.69, 9.17) is 4.74 Å². The third-order valence-electron chi connectivity index (χ3n) is 5.84. The Hall–Kier alpha value is -1.14. The molecule has 3 rings (SSSR count). The van der Waals surface area contributed by atoms with Crippen LogP contribution in [0.25, 0.3) is 0 Å². The molecule has 0 bridgehead atoms. The Morgan fingerprint density at radius 3 is 2.08 bits per heavy atom. The predicted octanol–water partition coefficient (Wildman–Crippen LogP) is 0.958. The fraction of sp³-hybridized carbons (Fsp3) is 0.889. The molecule has 0 aromatic carbocycles. The van der Waals surface area contributed by atoms with Crippen LogP contribution in [0, 0.1) is 5.92 Å². The van der Waals surface area contributed by atoms with Crippen LogP contribution >= 0.6 is 0 Å². The third kappa shape index (κ3) is 4.09. The minimum absolute atomic E-state index is 0.195. The van der Waals surface area contributed by atoms with E-state index in [1.165, 1.54) is 0 Å². The summed E-state index contributed by atoms with van der Waals surface area (Å²) < 4.78 is 5.34. The van der Waals surface area contributed by atoms with Gasteiger partial charge in [0.15, 0.2) is 0 Å². The van der Waals surface area contributed by atoms with Crippen molar-refractivity contribution in [2.24, 2.45) is 5.92 Å². The van der Waals surface area contributed by atoms with E-state index in [2.05, 4.69) is 4.90 Å². The van der Waals surface area contributed by atoms with Gasteiger partial charge in [0.2, 0.25) is 11.8 Å². The molecule has 0 radical (unpaired) electrons. The van der Waals surface area contributed by atoms with E-state index in [0.29, 0.717) is 31.6 Å². The second kappa shape index (κ2) is 8.30. The Labute approximate surface area is 145 Å².